The van der Waals surface area contributed by atoms with Crippen molar-refractivity contribution < 1.29 is 19.4 Å². The molecule has 5 heteroatoms. The fourth-order valence-electron chi connectivity index (χ4n) is 2.99. The number of nitrogens with one attached hydrogen (secondary N) is 1. The van der Waals surface area contributed by atoms with Crippen LogP contribution in [0.4, 0.5) is 0 Å². The molecule has 2 rings (SSSR count). The molecule has 5 nitrogen and oxygen atoms in total. The summed E-state index contributed by atoms with van der Waals surface area (Å²) in [4.78, 5) is 24.0. The van der Waals surface area contributed by atoms with Crippen molar-refractivity contribution in [3.05, 3.63) is 34.4 Å². The highest BCUT2D eigenvalue weighted by atomic mass is 16.5. The normalized spacial score (nSPS) is 21.3. The third-order valence-corrected chi connectivity index (χ3v) is 4.13. The first-order valence-electron chi connectivity index (χ1n) is 7.12. The Morgan fingerprint density at radius 3 is 2.38 bits per heavy atom. The first-order valence-corrected chi connectivity index (χ1v) is 7.12. The Bertz CT molecular complexity index is 568. The molecule has 1 saturated carbocycles. The summed E-state index contributed by atoms with van der Waals surface area (Å²) in [6.07, 6.45) is 2.78. The van der Waals surface area contributed by atoms with Crippen LogP contribution in [0.3, 0.4) is 0 Å². The van der Waals surface area contributed by atoms with E-state index in [1.54, 1.807) is 33.1 Å². The maximum Gasteiger partial charge on any atom is 0.336 e. The molecule has 1 amide bonds. The predicted octanol–water partition coefficient (Wildman–Crippen LogP) is 2.30. The number of benzene rings is 1. The number of rotatable bonds is 4. The van der Waals surface area contributed by atoms with E-state index in [0.717, 1.165) is 19.3 Å². The van der Waals surface area contributed by atoms with Crippen LogP contribution in [0.15, 0.2) is 12.1 Å². The fraction of sp³-hybridized carbons (Fsp3) is 0.500. The second-order valence-corrected chi connectivity index (χ2v) is 5.54. The number of hydrogen-bond donors (Lipinski definition) is 2. The second-order valence-electron chi connectivity index (χ2n) is 5.54. The van der Waals surface area contributed by atoms with Crippen LogP contribution in [0.5, 0.6) is 0 Å². The number of methoxy groups -OCH3 is 1. The van der Waals surface area contributed by atoms with Crippen LogP contribution in [0.25, 0.3) is 0 Å². The molecule has 2 unspecified atom stereocenters. The van der Waals surface area contributed by atoms with Gasteiger partial charge in [0.05, 0.1) is 23.3 Å². The SMILES string of the molecule is COC1CCCC1NC(=O)c1c(C)ccc(C)c1C(=O)O. The highest BCUT2D eigenvalue weighted by Crippen LogP contribution is 2.24. The van der Waals surface area contributed by atoms with Crippen molar-refractivity contribution in [3.63, 3.8) is 0 Å². The molecule has 1 aliphatic rings. The van der Waals surface area contributed by atoms with Gasteiger partial charge in [-0.05, 0) is 44.2 Å². The minimum Gasteiger partial charge on any atom is -0.478 e. The predicted molar refractivity (Wildman–Crippen MR) is 78.8 cm³/mol. The molecule has 0 radical (unpaired) electrons. The van der Waals surface area contributed by atoms with Crippen molar-refractivity contribution in [2.24, 2.45) is 0 Å². The number of aromatic carboxylic acids is 1. The van der Waals surface area contributed by atoms with Gasteiger partial charge in [0.15, 0.2) is 0 Å². The molecule has 0 heterocycles. The maximum atomic E-state index is 12.5. The van der Waals surface area contributed by atoms with E-state index in [4.69, 9.17) is 4.74 Å². The first-order chi connectivity index (χ1) is 9.95. The molecule has 2 N–H and O–H groups in total. The monoisotopic (exact) mass is 291 g/mol. The second kappa shape index (κ2) is 6.26. The van der Waals surface area contributed by atoms with E-state index in [0.29, 0.717) is 11.1 Å². The number of carboxylic acid groups (broad SMARTS) is 1. The van der Waals surface area contributed by atoms with Crippen molar-refractivity contribution in [2.45, 2.75) is 45.3 Å². The average molecular weight is 291 g/mol. The summed E-state index contributed by atoms with van der Waals surface area (Å²) in [6, 6.07) is 3.45. The molecule has 21 heavy (non-hydrogen) atoms. The van der Waals surface area contributed by atoms with Crippen molar-refractivity contribution >= 4 is 11.9 Å². The van der Waals surface area contributed by atoms with Crippen LogP contribution in [-0.4, -0.2) is 36.2 Å². The highest BCUT2D eigenvalue weighted by molar-refractivity contribution is 6.06. The summed E-state index contributed by atoms with van der Waals surface area (Å²) < 4.78 is 5.36. The third-order valence-electron chi connectivity index (χ3n) is 4.13. The van der Waals surface area contributed by atoms with Gasteiger partial charge < -0.3 is 15.2 Å². The van der Waals surface area contributed by atoms with Gasteiger partial charge in [-0.3, -0.25) is 4.79 Å². The summed E-state index contributed by atoms with van der Waals surface area (Å²) >= 11 is 0. The molecule has 0 bridgehead atoms. The number of hydrogen-bond acceptors (Lipinski definition) is 3. The number of carbonyl (C=O) groups excluding carboxylic acids is 1. The molecule has 1 aliphatic carbocycles. The van der Waals surface area contributed by atoms with Gasteiger partial charge in [-0.15, -0.1) is 0 Å². The summed E-state index contributed by atoms with van der Waals surface area (Å²) in [7, 11) is 1.63. The Balaban J connectivity index is 2.31. The topological polar surface area (TPSA) is 75.6 Å². The van der Waals surface area contributed by atoms with Gasteiger partial charge in [0.1, 0.15) is 0 Å². The van der Waals surface area contributed by atoms with Crippen molar-refractivity contribution in [3.8, 4) is 0 Å². The largest absolute Gasteiger partial charge is 0.478 e. The Labute approximate surface area is 124 Å². The Morgan fingerprint density at radius 2 is 1.81 bits per heavy atom. The zero-order chi connectivity index (χ0) is 15.6. The highest BCUT2D eigenvalue weighted by Gasteiger charge is 2.30. The van der Waals surface area contributed by atoms with E-state index in [1.165, 1.54) is 0 Å². The van der Waals surface area contributed by atoms with Crippen LogP contribution in [0.1, 0.15) is 51.1 Å². The summed E-state index contributed by atoms with van der Waals surface area (Å²) in [5, 5.41) is 12.3. The van der Waals surface area contributed by atoms with E-state index in [2.05, 4.69) is 5.32 Å². The molecule has 2 atom stereocenters. The Hall–Kier alpha value is -1.88. The molecule has 0 spiro atoms. The average Bonchev–Trinajstić information content (AvgIpc) is 2.87. The minimum absolute atomic E-state index is 0.00680. The van der Waals surface area contributed by atoms with E-state index in [1.807, 2.05) is 0 Å². The van der Waals surface area contributed by atoms with Gasteiger partial charge in [0.25, 0.3) is 5.91 Å². The van der Waals surface area contributed by atoms with Crippen LogP contribution in [0.2, 0.25) is 0 Å². The molecule has 0 aliphatic heterocycles. The number of ether oxygens (including phenoxy) is 1. The minimum atomic E-state index is -1.07. The van der Waals surface area contributed by atoms with Crippen molar-refractivity contribution in [2.75, 3.05) is 7.11 Å². The van der Waals surface area contributed by atoms with Gasteiger partial charge in [0, 0.05) is 7.11 Å². The first kappa shape index (κ1) is 15.5. The van der Waals surface area contributed by atoms with Gasteiger partial charge in [-0.2, -0.15) is 0 Å². The number of aryl methyl sites for hydroxylation is 2. The van der Waals surface area contributed by atoms with Gasteiger partial charge in [-0.1, -0.05) is 12.1 Å². The molecular weight excluding hydrogens is 270 g/mol. The molecule has 114 valence electrons. The third kappa shape index (κ3) is 3.08. The summed E-state index contributed by atoms with van der Waals surface area (Å²) in [6.45, 7) is 3.45. The zero-order valence-electron chi connectivity index (χ0n) is 12.6. The smallest absolute Gasteiger partial charge is 0.336 e. The molecule has 1 aromatic carbocycles. The Kier molecular flexibility index (Phi) is 4.63. The van der Waals surface area contributed by atoms with Crippen molar-refractivity contribution in [1.29, 1.82) is 0 Å². The lowest BCUT2D eigenvalue weighted by molar-refractivity contribution is 0.0676. The molecular formula is C16H21NO4. The zero-order valence-corrected chi connectivity index (χ0v) is 12.6. The summed E-state index contributed by atoms with van der Waals surface area (Å²) in [5.74, 6) is -1.40. The lowest BCUT2D eigenvalue weighted by Gasteiger charge is -2.21. The molecule has 0 saturated heterocycles. The van der Waals surface area contributed by atoms with Gasteiger partial charge in [-0.25, -0.2) is 4.79 Å². The Morgan fingerprint density at radius 1 is 1.19 bits per heavy atom. The number of carbonyl (C=O) groups is 2. The van der Waals surface area contributed by atoms with E-state index in [-0.39, 0.29) is 29.2 Å². The lowest BCUT2D eigenvalue weighted by Crippen LogP contribution is -2.41. The van der Waals surface area contributed by atoms with E-state index >= 15 is 0 Å². The van der Waals surface area contributed by atoms with Crippen molar-refractivity contribution in [1.82, 2.24) is 5.32 Å². The molecule has 1 aromatic rings. The fourth-order valence-corrected chi connectivity index (χ4v) is 2.99. The number of carboxylic acids is 1. The lowest BCUT2D eigenvalue weighted by atomic mass is 9.96. The molecule has 1 fully saturated rings. The van der Waals surface area contributed by atoms with Crippen LogP contribution < -0.4 is 5.32 Å². The molecule has 0 aromatic heterocycles. The van der Waals surface area contributed by atoms with Crippen LogP contribution in [0, 0.1) is 13.8 Å². The van der Waals surface area contributed by atoms with Gasteiger partial charge in [0.2, 0.25) is 0 Å². The van der Waals surface area contributed by atoms with Gasteiger partial charge >= 0.3 is 5.97 Å². The van der Waals surface area contributed by atoms with Crippen LogP contribution in [-0.2, 0) is 4.74 Å². The standard InChI is InChI=1S/C16H21NO4/c1-9-7-8-10(2)14(16(19)20)13(9)15(18)17-11-5-4-6-12(11)21-3/h7-8,11-12H,4-6H2,1-3H3,(H,17,18)(H,19,20). The van der Waals surface area contributed by atoms with E-state index < -0.39 is 5.97 Å². The maximum absolute atomic E-state index is 12.5. The summed E-state index contributed by atoms with van der Waals surface area (Å²) in [5.41, 5.74) is 1.60. The van der Waals surface area contributed by atoms with E-state index in [9.17, 15) is 14.7 Å². The quantitative estimate of drug-likeness (QED) is 0.892. The number of amides is 1. The van der Waals surface area contributed by atoms with Crippen LogP contribution >= 0.6 is 0 Å².